The van der Waals surface area contributed by atoms with E-state index in [-0.39, 0.29) is 0 Å². The fourth-order valence-electron chi connectivity index (χ4n) is 1.77. The maximum absolute atomic E-state index is 5.09. The third kappa shape index (κ3) is 3.17. The minimum absolute atomic E-state index is 0.815. The van der Waals surface area contributed by atoms with Crippen molar-refractivity contribution >= 4 is 11.4 Å². The SMILES string of the molecule is COc1ccc(N=Nc2cc(C)cc(C)c2)cc1. The average molecular weight is 240 g/mol. The molecule has 18 heavy (non-hydrogen) atoms. The number of nitrogens with zero attached hydrogens (tertiary/aromatic N) is 2. The zero-order valence-corrected chi connectivity index (χ0v) is 10.8. The molecule has 0 aliphatic carbocycles. The standard InChI is InChI=1S/C15H16N2O/c1-11-8-12(2)10-14(9-11)17-16-13-4-6-15(18-3)7-5-13/h4-10H,1-3H3. The van der Waals surface area contributed by atoms with E-state index >= 15 is 0 Å². The fraction of sp³-hybridized carbons (Fsp3) is 0.200. The van der Waals surface area contributed by atoms with Gasteiger partial charge >= 0.3 is 0 Å². The first kappa shape index (κ1) is 12.3. The van der Waals surface area contributed by atoms with Gasteiger partial charge in [0.25, 0.3) is 0 Å². The summed E-state index contributed by atoms with van der Waals surface area (Å²) >= 11 is 0. The van der Waals surface area contributed by atoms with Crippen LogP contribution in [0.2, 0.25) is 0 Å². The molecule has 0 fully saturated rings. The van der Waals surface area contributed by atoms with Gasteiger partial charge in [-0.25, -0.2) is 0 Å². The molecule has 3 heteroatoms. The van der Waals surface area contributed by atoms with Gasteiger partial charge in [-0.05, 0) is 61.4 Å². The van der Waals surface area contributed by atoms with E-state index in [1.54, 1.807) is 7.11 Å². The summed E-state index contributed by atoms with van der Waals surface area (Å²) in [6, 6.07) is 13.6. The van der Waals surface area contributed by atoms with Crippen molar-refractivity contribution in [3.8, 4) is 5.75 Å². The minimum Gasteiger partial charge on any atom is -0.497 e. The summed E-state index contributed by atoms with van der Waals surface area (Å²) in [6.45, 7) is 4.11. The highest BCUT2D eigenvalue weighted by atomic mass is 16.5. The van der Waals surface area contributed by atoms with Crippen LogP contribution in [0.5, 0.6) is 5.75 Å². The summed E-state index contributed by atoms with van der Waals surface area (Å²) < 4.78 is 5.09. The van der Waals surface area contributed by atoms with E-state index in [0.29, 0.717) is 0 Å². The van der Waals surface area contributed by atoms with Crippen LogP contribution in [0.1, 0.15) is 11.1 Å². The third-order valence-corrected chi connectivity index (χ3v) is 2.56. The maximum Gasteiger partial charge on any atom is 0.119 e. The first-order chi connectivity index (χ1) is 8.67. The Kier molecular flexibility index (Phi) is 3.72. The predicted octanol–water partition coefficient (Wildman–Crippen LogP) is 4.73. The number of methoxy groups -OCH3 is 1. The topological polar surface area (TPSA) is 34.0 Å². The second-order valence-corrected chi connectivity index (χ2v) is 4.24. The molecule has 92 valence electrons. The molecule has 0 spiro atoms. The van der Waals surface area contributed by atoms with Gasteiger partial charge in [0.05, 0.1) is 18.5 Å². The highest BCUT2D eigenvalue weighted by Crippen LogP contribution is 2.22. The fourth-order valence-corrected chi connectivity index (χ4v) is 1.77. The van der Waals surface area contributed by atoms with Crippen LogP contribution in [0.15, 0.2) is 52.7 Å². The van der Waals surface area contributed by atoms with E-state index in [1.807, 2.05) is 36.4 Å². The Bertz CT molecular complexity index is 539. The Balaban J connectivity index is 2.18. The molecule has 0 unspecified atom stereocenters. The molecule has 0 aliphatic rings. The summed E-state index contributed by atoms with van der Waals surface area (Å²) in [7, 11) is 1.64. The molecule has 0 saturated carbocycles. The van der Waals surface area contributed by atoms with Crippen LogP contribution in [0, 0.1) is 13.8 Å². The normalized spacial score (nSPS) is 10.8. The van der Waals surface area contributed by atoms with Gasteiger partial charge in [0, 0.05) is 0 Å². The molecule has 0 N–H and O–H groups in total. The number of azo groups is 1. The van der Waals surface area contributed by atoms with Crippen molar-refractivity contribution in [2.24, 2.45) is 10.2 Å². The van der Waals surface area contributed by atoms with Crippen molar-refractivity contribution in [3.05, 3.63) is 53.6 Å². The van der Waals surface area contributed by atoms with Gasteiger partial charge in [-0.1, -0.05) is 6.07 Å². The molecule has 0 aromatic heterocycles. The van der Waals surface area contributed by atoms with Gasteiger partial charge in [-0.3, -0.25) is 0 Å². The van der Waals surface area contributed by atoms with E-state index < -0.39 is 0 Å². The monoisotopic (exact) mass is 240 g/mol. The molecule has 0 atom stereocenters. The van der Waals surface area contributed by atoms with Crippen LogP contribution in [-0.4, -0.2) is 7.11 Å². The molecule has 0 heterocycles. The van der Waals surface area contributed by atoms with Crippen LogP contribution in [-0.2, 0) is 0 Å². The molecule has 0 bridgehead atoms. The van der Waals surface area contributed by atoms with Gasteiger partial charge in [0.1, 0.15) is 5.75 Å². The Morgan fingerprint density at radius 1 is 0.778 bits per heavy atom. The lowest BCUT2D eigenvalue weighted by Gasteiger charge is -2.00. The van der Waals surface area contributed by atoms with Crippen LogP contribution in [0.4, 0.5) is 11.4 Å². The van der Waals surface area contributed by atoms with Crippen molar-refractivity contribution < 1.29 is 4.74 Å². The van der Waals surface area contributed by atoms with Gasteiger partial charge in [0.15, 0.2) is 0 Å². The summed E-state index contributed by atoms with van der Waals surface area (Å²) in [5, 5.41) is 8.44. The molecule has 0 saturated heterocycles. The van der Waals surface area contributed by atoms with Gasteiger partial charge in [0.2, 0.25) is 0 Å². The quantitative estimate of drug-likeness (QED) is 0.714. The predicted molar refractivity (Wildman–Crippen MR) is 73.1 cm³/mol. The number of hydrogen-bond acceptors (Lipinski definition) is 3. The summed E-state index contributed by atoms with van der Waals surface area (Å²) in [5.74, 6) is 0.820. The molecule has 0 aliphatic heterocycles. The van der Waals surface area contributed by atoms with E-state index in [9.17, 15) is 0 Å². The van der Waals surface area contributed by atoms with E-state index in [1.165, 1.54) is 11.1 Å². The van der Waals surface area contributed by atoms with Crippen LogP contribution < -0.4 is 4.74 Å². The number of hydrogen-bond donors (Lipinski definition) is 0. The van der Waals surface area contributed by atoms with Crippen LogP contribution in [0.3, 0.4) is 0 Å². The second kappa shape index (κ2) is 5.45. The van der Waals surface area contributed by atoms with Crippen molar-refractivity contribution in [2.75, 3.05) is 7.11 Å². The highest BCUT2D eigenvalue weighted by Gasteiger charge is 1.95. The van der Waals surface area contributed by atoms with E-state index in [0.717, 1.165) is 17.1 Å². The second-order valence-electron chi connectivity index (χ2n) is 4.24. The largest absolute Gasteiger partial charge is 0.497 e. The first-order valence-electron chi connectivity index (χ1n) is 5.81. The molecule has 2 aromatic rings. The van der Waals surface area contributed by atoms with Crippen molar-refractivity contribution in [1.29, 1.82) is 0 Å². The molecule has 0 radical (unpaired) electrons. The number of aryl methyl sites for hydroxylation is 2. The molecule has 2 aromatic carbocycles. The highest BCUT2D eigenvalue weighted by molar-refractivity contribution is 5.45. The van der Waals surface area contributed by atoms with Crippen molar-refractivity contribution in [1.82, 2.24) is 0 Å². The molecular formula is C15H16N2O. The Morgan fingerprint density at radius 2 is 1.33 bits per heavy atom. The van der Waals surface area contributed by atoms with Crippen molar-refractivity contribution in [3.63, 3.8) is 0 Å². The summed E-state index contributed by atoms with van der Waals surface area (Å²) in [6.07, 6.45) is 0. The number of rotatable bonds is 3. The lowest BCUT2D eigenvalue weighted by atomic mass is 10.1. The first-order valence-corrected chi connectivity index (χ1v) is 5.81. The average Bonchev–Trinajstić information content (AvgIpc) is 2.36. The van der Waals surface area contributed by atoms with E-state index in [2.05, 4.69) is 30.1 Å². The Hall–Kier alpha value is -2.16. The van der Waals surface area contributed by atoms with Crippen LogP contribution >= 0.6 is 0 Å². The Morgan fingerprint density at radius 3 is 1.89 bits per heavy atom. The summed E-state index contributed by atoms with van der Waals surface area (Å²) in [5.41, 5.74) is 4.08. The lowest BCUT2D eigenvalue weighted by molar-refractivity contribution is 0.415. The zero-order chi connectivity index (χ0) is 13.0. The minimum atomic E-state index is 0.815. The molecule has 2 rings (SSSR count). The van der Waals surface area contributed by atoms with E-state index in [4.69, 9.17) is 4.74 Å². The Labute approximate surface area is 107 Å². The number of benzene rings is 2. The molecule has 0 amide bonds. The number of ether oxygens (including phenoxy) is 1. The van der Waals surface area contributed by atoms with Crippen LogP contribution in [0.25, 0.3) is 0 Å². The zero-order valence-electron chi connectivity index (χ0n) is 10.8. The summed E-state index contributed by atoms with van der Waals surface area (Å²) in [4.78, 5) is 0. The molecular weight excluding hydrogens is 224 g/mol. The van der Waals surface area contributed by atoms with Gasteiger partial charge < -0.3 is 4.74 Å². The van der Waals surface area contributed by atoms with Gasteiger partial charge in [-0.15, -0.1) is 0 Å². The van der Waals surface area contributed by atoms with Gasteiger partial charge in [-0.2, -0.15) is 10.2 Å². The molecule has 3 nitrogen and oxygen atoms in total. The third-order valence-electron chi connectivity index (χ3n) is 2.56. The lowest BCUT2D eigenvalue weighted by Crippen LogP contribution is -1.79. The smallest absolute Gasteiger partial charge is 0.119 e. The maximum atomic E-state index is 5.09. The van der Waals surface area contributed by atoms with Crippen molar-refractivity contribution in [2.45, 2.75) is 13.8 Å².